The van der Waals surface area contributed by atoms with Crippen molar-refractivity contribution in [1.29, 1.82) is 5.26 Å². The maximum Gasteiger partial charge on any atom is 0.103 e. The van der Waals surface area contributed by atoms with Crippen molar-refractivity contribution in [3.63, 3.8) is 0 Å². The van der Waals surface area contributed by atoms with E-state index in [-0.39, 0.29) is 0 Å². The normalized spacial score (nSPS) is 15.5. The average Bonchev–Trinajstić information content (AvgIpc) is 2.47. The number of nitrogens with zero attached hydrogens (tertiary/aromatic N) is 3. The lowest BCUT2D eigenvalue weighted by Gasteiger charge is -2.14. The van der Waals surface area contributed by atoms with E-state index in [9.17, 15) is 0 Å². The summed E-state index contributed by atoms with van der Waals surface area (Å²) in [5, 5.41) is 15.9. The fraction of sp³-hybridized carbons (Fsp3) is 0.429. The van der Waals surface area contributed by atoms with Gasteiger partial charge in [0.2, 0.25) is 0 Å². The molecule has 4 heteroatoms. The second-order valence-electron chi connectivity index (χ2n) is 2.52. The van der Waals surface area contributed by atoms with Crippen molar-refractivity contribution in [3.8, 4) is 6.07 Å². The predicted molar refractivity (Wildman–Crippen MR) is 38.6 cm³/mol. The zero-order valence-corrected chi connectivity index (χ0v) is 6.04. The molecule has 0 fully saturated rings. The van der Waals surface area contributed by atoms with Gasteiger partial charge in [0.05, 0.1) is 24.0 Å². The summed E-state index contributed by atoms with van der Waals surface area (Å²) in [5.74, 6) is 0. The van der Waals surface area contributed by atoms with Crippen LogP contribution in [0.25, 0.3) is 0 Å². The number of nitriles is 1. The second-order valence-corrected chi connectivity index (χ2v) is 2.52. The van der Waals surface area contributed by atoms with E-state index < -0.39 is 0 Å². The molecule has 1 aliphatic heterocycles. The summed E-state index contributed by atoms with van der Waals surface area (Å²) in [7, 11) is 0. The molecule has 0 aromatic carbocycles. The Morgan fingerprint density at radius 2 is 2.64 bits per heavy atom. The highest BCUT2D eigenvalue weighted by Gasteiger charge is 2.12. The summed E-state index contributed by atoms with van der Waals surface area (Å²) in [4.78, 5) is 0. The van der Waals surface area contributed by atoms with Crippen LogP contribution in [0.4, 0.5) is 0 Å². The van der Waals surface area contributed by atoms with Gasteiger partial charge in [0.25, 0.3) is 0 Å². The number of hydrogen-bond acceptors (Lipinski definition) is 3. The van der Waals surface area contributed by atoms with Crippen LogP contribution in [0.5, 0.6) is 0 Å². The highest BCUT2D eigenvalue weighted by molar-refractivity contribution is 5.31. The number of hydrogen-bond donors (Lipinski definition) is 1. The number of rotatable bonds is 0. The monoisotopic (exact) mass is 148 g/mol. The van der Waals surface area contributed by atoms with Crippen LogP contribution in [-0.2, 0) is 13.1 Å². The maximum absolute atomic E-state index is 8.65. The Morgan fingerprint density at radius 3 is 3.45 bits per heavy atom. The molecule has 56 valence electrons. The fourth-order valence-corrected chi connectivity index (χ4v) is 1.27. The van der Waals surface area contributed by atoms with E-state index in [0.29, 0.717) is 5.56 Å². The Morgan fingerprint density at radius 1 is 1.73 bits per heavy atom. The molecule has 0 spiro atoms. The van der Waals surface area contributed by atoms with Crippen molar-refractivity contribution in [3.05, 3.63) is 17.5 Å². The predicted octanol–water partition coefficient (Wildman–Crippen LogP) is -0.142. The van der Waals surface area contributed by atoms with Gasteiger partial charge < -0.3 is 5.32 Å². The molecular weight excluding hydrogens is 140 g/mol. The fourth-order valence-electron chi connectivity index (χ4n) is 1.27. The molecule has 4 nitrogen and oxygen atoms in total. The molecule has 0 radical (unpaired) electrons. The van der Waals surface area contributed by atoms with Gasteiger partial charge in [-0.25, -0.2) is 0 Å². The Kier molecular flexibility index (Phi) is 1.37. The van der Waals surface area contributed by atoms with Crippen LogP contribution in [0.1, 0.15) is 11.3 Å². The van der Waals surface area contributed by atoms with E-state index >= 15 is 0 Å². The van der Waals surface area contributed by atoms with Crippen molar-refractivity contribution in [2.45, 2.75) is 13.1 Å². The molecule has 0 saturated carbocycles. The topological polar surface area (TPSA) is 53.6 Å². The summed E-state index contributed by atoms with van der Waals surface area (Å²) < 4.78 is 1.88. The van der Waals surface area contributed by atoms with Crippen molar-refractivity contribution in [1.82, 2.24) is 15.1 Å². The molecule has 0 saturated heterocycles. The third-order valence-electron chi connectivity index (χ3n) is 1.86. The van der Waals surface area contributed by atoms with Crippen molar-refractivity contribution < 1.29 is 0 Å². The largest absolute Gasteiger partial charge is 0.309 e. The van der Waals surface area contributed by atoms with Crippen molar-refractivity contribution >= 4 is 0 Å². The van der Waals surface area contributed by atoms with Crippen LogP contribution in [0, 0.1) is 11.3 Å². The van der Waals surface area contributed by atoms with Crippen LogP contribution in [-0.4, -0.2) is 16.3 Å². The van der Waals surface area contributed by atoms with Crippen LogP contribution < -0.4 is 5.32 Å². The number of fused-ring (bicyclic) bond motifs is 1. The van der Waals surface area contributed by atoms with Gasteiger partial charge in [-0.2, -0.15) is 10.4 Å². The summed E-state index contributed by atoms with van der Waals surface area (Å²) in [5.41, 5.74) is 1.70. The first-order valence-electron chi connectivity index (χ1n) is 3.57. The minimum atomic E-state index is 0.692. The van der Waals surface area contributed by atoms with Crippen molar-refractivity contribution in [2.75, 3.05) is 6.54 Å². The summed E-state index contributed by atoms with van der Waals surface area (Å²) in [6, 6.07) is 2.11. The Labute approximate surface area is 64.4 Å². The molecule has 0 amide bonds. The molecule has 0 unspecified atom stereocenters. The molecule has 0 bridgehead atoms. The molecule has 1 aromatic heterocycles. The van der Waals surface area contributed by atoms with Gasteiger partial charge in [0, 0.05) is 13.1 Å². The first-order valence-corrected chi connectivity index (χ1v) is 3.57. The van der Waals surface area contributed by atoms with E-state index in [1.54, 1.807) is 6.20 Å². The molecule has 0 atom stereocenters. The molecule has 1 N–H and O–H groups in total. The second kappa shape index (κ2) is 2.36. The maximum atomic E-state index is 8.65. The Hall–Kier alpha value is -1.34. The van der Waals surface area contributed by atoms with Crippen LogP contribution in [0.2, 0.25) is 0 Å². The van der Waals surface area contributed by atoms with Crippen LogP contribution in [0.3, 0.4) is 0 Å². The van der Waals surface area contributed by atoms with Crippen LogP contribution in [0.15, 0.2) is 6.20 Å². The quantitative estimate of drug-likeness (QED) is 0.557. The van der Waals surface area contributed by atoms with Crippen molar-refractivity contribution in [2.24, 2.45) is 0 Å². The minimum Gasteiger partial charge on any atom is -0.309 e. The van der Waals surface area contributed by atoms with E-state index in [4.69, 9.17) is 5.26 Å². The van der Waals surface area contributed by atoms with E-state index in [1.807, 2.05) is 4.68 Å². The van der Waals surface area contributed by atoms with E-state index in [0.717, 1.165) is 25.3 Å². The molecule has 11 heavy (non-hydrogen) atoms. The molecule has 1 aromatic rings. The number of nitrogens with one attached hydrogen (secondary N) is 1. The summed E-state index contributed by atoms with van der Waals surface area (Å²) in [6.07, 6.45) is 1.63. The number of aromatic nitrogens is 2. The van der Waals surface area contributed by atoms with Gasteiger partial charge in [-0.05, 0) is 0 Å². The summed E-state index contributed by atoms with van der Waals surface area (Å²) in [6.45, 7) is 2.58. The van der Waals surface area contributed by atoms with Gasteiger partial charge in [-0.1, -0.05) is 0 Å². The third-order valence-corrected chi connectivity index (χ3v) is 1.86. The Bertz CT molecular complexity index is 307. The van der Waals surface area contributed by atoms with Gasteiger partial charge in [-0.3, -0.25) is 4.68 Å². The molecule has 2 heterocycles. The van der Waals surface area contributed by atoms with Gasteiger partial charge in [-0.15, -0.1) is 0 Å². The molecular formula is C7H8N4. The Balaban J connectivity index is 2.48. The van der Waals surface area contributed by atoms with Gasteiger partial charge in [0.1, 0.15) is 6.07 Å². The molecule has 0 aliphatic carbocycles. The average molecular weight is 148 g/mol. The zero-order valence-electron chi connectivity index (χ0n) is 6.04. The lowest BCUT2D eigenvalue weighted by molar-refractivity contribution is 0.475. The highest BCUT2D eigenvalue weighted by atomic mass is 15.3. The molecule has 1 aliphatic rings. The lowest BCUT2D eigenvalue weighted by atomic mass is 10.2. The first-order chi connectivity index (χ1) is 5.42. The van der Waals surface area contributed by atoms with E-state index in [2.05, 4.69) is 16.5 Å². The summed E-state index contributed by atoms with van der Waals surface area (Å²) >= 11 is 0. The smallest absolute Gasteiger partial charge is 0.103 e. The first kappa shape index (κ1) is 6.38. The SMILES string of the molecule is N#Cc1cnn2c1CNCC2. The third kappa shape index (κ3) is 0.900. The van der Waals surface area contributed by atoms with Gasteiger partial charge >= 0.3 is 0 Å². The molecule has 2 rings (SSSR count). The standard InChI is InChI=1S/C7H8N4/c8-3-6-4-10-11-2-1-9-5-7(6)11/h4,9H,1-2,5H2. The lowest BCUT2D eigenvalue weighted by Crippen LogP contribution is -2.28. The van der Waals surface area contributed by atoms with E-state index in [1.165, 1.54) is 0 Å². The zero-order chi connectivity index (χ0) is 7.68. The van der Waals surface area contributed by atoms with Gasteiger partial charge in [0.15, 0.2) is 0 Å². The van der Waals surface area contributed by atoms with Crippen LogP contribution >= 0.6 is 0 Å². The minimum absolute atomic E-state index is 0.692. The highest BCUT2D eigenvalue weighted by Crippen LogP contribution is 2.09.